The van der Waals surface area contributed by atoms with E-state index in [0.29, 0.717) is 18.7 Å². The fraction of sp³-hybridized carbons (Fsp3) is 0.429. The fourth-order valence-electron chi connectivity index (χ4n) is 2.67. The third kappa shape index (κ3) is 2.67. The summed E-state index contributed by atoms with van der Waals surface area (Å²) in [4.78, 5) is 3.19. The molecule has 1 fully saturated rings. The third-order valence-electron chi connectivity index (χ3n) is 3.84. The van der Waals surface area contributed by atoms with E-state index in [9.17, 15) is 8.42 Å². The van der Waals surface area contributed by atoms with Crippen molar-refractivity contribution in [2.75, 3.05) is 11.5 Å². The van der Waals surface area contributed by atoms with Gasteiger partial charge in [-0.05, 0) is 36.4 Å². The van der Waals surface area contributed by atoms with Crippen LogP contribution in [0.2, 0.25) is 0 Å². The lowest BCUT2D eigenvalue weighted by atomic mass is 10.0. The summed E-state index contributed by atoms with van der Waals surface area (Å²) < 4.78 is 23.1. The fourth-order valence-corrected chi connectivity index (χ4v) is 4.79. The van der Waals surface area contributed by atoms with Gasteiger partial charge in [-0.1, -0.05) is 12.1 Å². The predicted octanol–water partition coefficient (Wildman–Crippen LogP) is 1.83. The van der Waals surface area contributed by atoms with Crippen molar-refractivity contribution in [1.82, 2.24) is 10.3 Å². The Hall–Kier alpha value is -1.33. The van der Waals surface area contributed by atoms with Gasteiger partial charge in [-0.25, -0.2) is 8.42 Å². The van der Waals surface area contributed by atoms with E-state index in [1.807, 2.05) is 19.2 Å². The standard InChI is InChI=1S/C14H18N2O2S/c1-14(5-7-19(17,18)10-14)16-9-11-2-3-12-4-6-15-13(12)8-11/h2-4,6,8,15-16H,5,7,9-10H2,1H3. The molecule has 1 aromatic carbocycles. The van der Waals surface area contributed by atoms with E-state index in [1.54, 1.807) is 0 Å². The van der Waals surface area contributed by atoms with E-state index in [0.717, 1.165) is 5.52 Å². The highest BCUT2D eigenvalue weighted by atomic mass is 32.2. The molecule has 0 spiro atoms. The van der Waals surface area contributed by atoms with Crippen LogP contribution in [0, 0.1) is 0 Å². The lowest BCUT2D eigenvalue weighted by Crippen LogP contribution is -2.42. The van der Waals surface area contributed by atoms with E-state index >= 15 is 0 Å². The van der Waals surface area contributed by atoms with Crippen molar-refractivity contribution in [1.29, 1.82) is 0 Å². The van der Waals surface area contributed by atoms with E-state index in [1.165, 1.54) is 10.9 Å². The normalized spacial score (nSPS) is 25.9. The molecule has 1 aliphatic heterocycles. The molecule has 1 aliphatic rings. The average molecular weight is 278 g/mol. The van der Waals surface area contributed by atoms with Crippen molar-refractivity contribution in [3.05, 3.63) is 36.0 Å². The van der Waals surface area contributed by atoms with Crippen LogP contribution in [-0.4, -0.2) is 30.4 Å². The van der Waals surface area contributed by atoms with Gasteiger partial charge in [0.15, 0.2) is 9.84 Å². The zero-order valence-corrected chi connectivity index (χ0v) is 11.8. The van der Waals surface area contributed by atoms with Crippen LogP contribution in [0.25, 0.3) is 10.9 Å². The summed E-state index contributed by atoms with van der Waals surface area (Å²) in [6.45, 7) is 2.69. The van der Waals surface area contributed by atoms with Crippen LogP contribution in [0.1, 0.15) is 18.9 Å². The molecular weight excluding hydrogens is 260 g/mol. The quantitative estimate of drug-likeness (QED) is 0.900. The Bertz CT molecular complexity index is 705. The van der Waals surface area contributed by atoms with Crippen LogP contribution in [0.4, 0.5) is 0 Å². The van der Waals surface area contributed by atoms with E-state index in [-0.39, 0.29) is 11.3 Å². The van der Waals surface area contributed by atoms with Crippen molar-refractivity contribution >= 4 is 20.7 Å². The summed E-state index contributed by atoms with van der Waals surface area (Å²) in [7, 11) is -2.85. The van der Waals surface area contributed by atoms with Crippen molar-refractivity contribution < 1.29 is 8.42 Å². The molecule has 0 radical (unpaired) electrons. The Labute approximate surface area is 113 Å². The van der Waals surface area contributed by atoms with Gasteiger partial charge in [0.25, 0.3) is 0 Å². The molecule has 1 aromatic heterocycles. The largest absolute Gasteiger partial charge is 0.361 e. The molecule has 5 heteroatoms. The first kappa shape index (κ1) is 12.7. The molecule has 1 unspecified atom stereocenters. The number of nitrogens with one attached hydrogen (secondary N) is 2. The van der Waals surface area contributed by atoms with Crippen LogP contribution in [0.5, 0.6) is 0 Å². The molecule has 2 N–H and O–H groups in total. The number of hydrogen-bond acceptors (Lipinski definition) is 3. The van der Waals surface area contributed by atoms with Crippen molar-refractivity contribution in [2.24, 2.45) is 0 Å². The first-order valence-electron chi connectivity index (χ1n) is 6.47. The second kappa shape index (κ2) is 4.35. The third-order valence-corrected chi connectivity index (χ3v) is 5.75. The van der Waals surface area contributed by atoms with E-state index in [4.69, 9.17) is 0 Å². The summed E-state index contributed by atoms with van der Waals surface area (Å²) in [5.41, 5.74) is 1.99. The Morgan fingerprint density at radius 2 is 2.21 bits per heavy atom. The van der Waals surface area contributed by atoms with Gasteiger partial charge in [0, 0.05) is 23.8 Å². The Morgan fingerprint density at radius 3 is 2.95 bits per heavy atom. The summed E-state index contributed by atoms with van der Waals surface area (Å²) in [5.74, 6) is 0.539. The maximum Gasteiger partial charge on any atom is 0.152 e. The van der Waals surface area contributed by atoms with Crippen molar-refractivity contribution in [3.63, 3.8) is 0 Å². The topological polar surface area (TPSA) is 62.0 Å². The van der Waals surface area contributed by atoms with Crippen molar-refractivity contribution in [2.45, 2.75) is 25.4 Å². The van der Waals surface area contributed by atoms with Gasteiger partial charge in [-0.2, -0.15) is 0 Å². The van der Waals surface area contributed by atoms with Gasteiger partial charge in [0.2, 0.25) is 0 Å². The van der Waals surface area contributed by atoms with Crippen LogP contribution in [-0.2, 0) is 16.4 Å². The summed E-state index contributed by atoms with van der Waals surface area (Å²) in [5, 5.41) is 4.59. The number of hydrogen-bond donors (Lipinski definition) is 2. The zero-order chi connectivity index (χ0) is 13.5. The monoisotopic (exact) mass is 278 g/mol. The molecule has 2 heterocycles. The number of fused-ring (bicyclic) bond motifs is 1. The summed E-state index contributed by atoms with van der Waals surface area (Å²) in [6, 6.07) is 8.30. The highest BCUT2D eigenvalue weighted by Crippen LogP contribution is 2.23. The number of aromatic nitrogens is 1. The van der Waals surface area contributed by atoms with Gasteiger partial charge < -0.3 is 10.3 Å². The van der Waals surface area contributed by atoms with Gasteiger partial charge in [-0.15, -0.1) is 0 Å². The molecular formula is C14H18N2O2S. The molecule has 102 valence electrons. The number of rotatable bonds is 3. The molecule has 19 heavy (non-hydrogen) atoms. The first-order valence-corrected chi connectivity index (χ1v) is 8.29. The lowest BCUT2D eigenvalue weighted by Gasteiger charge is -2.24. The number of benzene rings is 1. The Kier molecular flexibility index (Phi) is 2.91. The Balaban J connectivity index is 1.72. The number of aromatic amines is 1. The molecule has 3 rings (SSSR count). The van der Waals surface area contributed by atoms with Crippen LogP contribution < -0.4 is 5.32 Å². The smallest absolute Gasteiger partial charge is 0.152 e. The maximum absolute atomic E-state index is 11.6. The van der Waals surface area contributed by atoms with Gasteiger partial charge in [-0.3, -0.25) is 0 Å². The van der Waals surface area contributed by atoms with Crippen molar-refractivity contribution in [3.8, 4) is 0 Å². The highest BCUT2D eigenvalue weighted by molar-refractivity contribution is 7.91. The molecule has 1 saturated heterocycles. The van der Waals surface area contributed by atoms with Gasteiger partial charge in [0.05, 0.1) is 11.5 Å². The summed E-state index contributed by atoms with van der Waals surface area (Å²) >= 11 is 0. The molecule has 0 bridgehead atoms. The first-order chi connectivity index (χ1) is 8.96. The summed E-state index contributed by atoms with van der Waals surface area (Å²) in [6.07, 6.45) is 2.62. The lowest BCUT2D eigenvalue weighted by molar-refractivity contribution is 0.395. The minimum absolute atomic E-state index is 0.241. The Morgan fingerprint density at radius 1 is 1.37 bits per heavy atom. The minimum atomic E-state index is -2.85. The molecule has 0 amide bonds. The van der Waals surface area contributed by atoms with E-state index < -0.39 is 9.84 Å². The second-order valence-corrected chi connectivity index (χ2v) is 7.84. The van der Waals surface area contributed by atoms with Crippen LogP contribution in [0.3, 0.4) is 0 Å². The maximum atomic E-state index is 11.6. The highest BCUT2D eigenvalue weighted by Gasteiger charge is 2.37. The van der Waals surface area contributed by atoms with Gasteiger partial charge in [0.1, 0.15) is 0 Å². The predicted molar refractivity (Wildman–Crippen MR) is 76.8 cm³/mol. The molecule has 0 aliphatic carbocycles. The molecule has 4 nitrogen and oxygen atoms in total. The second-order valence-electron chi connectivity index (χ2n) is 5.66. The molecule has 2 aromatic rings. The zero-order valence-electron chi connectivity index (χ0n) is 10.9. The average Bonchev–Trinajstić information content (AvgIpc) is 2.91. The number of H-pyrrole nitrogens is 1. The minimum Gasteiger partial charge on any atom is -0.361 e. The van der Waals surface area contributed by atoms with Crippen LogP contribution in [0.15, 0.2) is 30.5 Å². The molecule has 1 atom stereocenters. The van der Waals surface area contributed by atoms with Gasteiger partial charge >= 0.3 is 0 Å². The SMILES string of the molecule is CC1(NCc2ccc3cc[nH]c3c2)CCS(=O)(=O)C1. The molecule has 0 saturated carbocycles. The number of sulfone groups is 1. The van der Waals surface area contributed by atoms with E-state index in [2.05, 4.69) is 28.5 Å². The van der Waals surface area contributed by atoms with Crippen LogP contribution >= 0.6 is 0 Å².